The molecule has 36 heavy (non-hydrogen) atoms. The monoisotopic (exact) mass is 479 g/mol. The molecule has 2 saturated carbocycles. The fourth-order valence-corrected chi connectivity index (χ4v) is 6.94. The number of carbonyl (C=O) groups is 2. The van der Waals surface area contributed by atoms with Crippen LogP contribution < -0.4 is 16.0 Å². The SMILES string of the molecule is CCCNC(=O)c1ccccc1NC(=O)c1ccc2c(c1)[C@@H]1[C@H]3CC[C@@H](C3)[C@@H]1[C@H](c1ccccc1)N2. The second kappa shape index (κ2) is 9.45. The molecule has 5 atom stereocenters. The first-order chi connectivity index (χ1) is 17.6. The summed E-state index contributed by atoms with van der Waals surface area (Å²) in [6.07, 6.45) is 4.74. The smallest absolute Gasteiger partial charge is 0.255 e. The quantitative estimate of drug-likeness (QED) is 0.384. The van der Waals surface area contributed by atoms with E-state index < -0.39 is 0 Å². The van der Waals surface area contributed by atoms with E-state index in [1.807, 2.05) is 25.1 Å². The summed E-state index contributed by atoms with van der Waals surface area (Å²) in [4.78, 5) is 26.0. The number of amides is 2. The van der Waals surface area contributed by atoms with Gasteiger partial charge in [0, 0.05) is 17.8 Å². The van der Waals surface area contributed by atoms with Crippen LogP contribution in [0.15, 0.2) is 72.8 Å². The van der Waals surface area contributed by atoms with Gasteiger partial charge in [-0.2, -0.15) is 0 Å². The lowest BCUT2D eigenvalue weighted by Gasteiger charge is -2.43. The molecule has 2 aliphatic carbocycles. The number of benzene rings is 3. The van der Waals surface area contributed by atoms with Gasteiger partial charge in [0.25, 0.3) is 11.8 Å². The van der Waals surface area contributed by atoms with Crippen molar-refractivity contribution < 1.29 is 9.59 Å². The Morgan fingerprint density at radius 2 is 1.69 bits per heavy atom. The number of nitrogens with one attached hydrogen (secondary N) is 3. The normalized spacial score (nSPS) is 25.4. The van der Waals surface area contributed by atoms with Crippen molar-refractivity contribution in [1.29, 1.82) is 0 Å². The summed E-state index contributed by atoms with van der Waals surface area (Å²) in [5, 5.41) is 9.75. The highest BCUT2D eigenvalue weighted by molar-refractivity contribution is 6.09. The van der Waals surface area contributed by atoms with Crippen molar-refractivity contribution in [2.45, 2.75) is 44.6 Å². The van der Waals surface area contributed by atoms with E-state index >= 15 is 0 Å². The first-order valence-corrected chi connectivity index (χ1v) is 13.3. The van der Waals surface area contributed by atoms with Crippen LogP contribution in [0, 0.1) is 17.8 Å². The average molecular weight is 480 g/mol. The first-order valence-electron chi connectivity index (χ1n) is 13.3. The van der Waals surface area contributed by atoms with E-state index in [2.05, 4.69) is 58.4 Å². The fraction of sp³-hybridized carbons (Fsp3) is 0.355. The van der Waals surface area contributed by atoms with Gasteiger partial charge in [0.2, 0.25) is 0 Å². The molecule has 3 aliphatic rings. The summed E-state index contributed by atoms with van der Waals surface area (Å²) in [7, 11) is 0. The largest absolute Gasteiger partial charge is 0.378 e. The van der Waals surface area contributed by atoms with Gasteiger partial charge in [-0.15, -0.1) is 0 Å². The van der Waals surface area contributed by atoms with Crippen LogP contribution >= 0.6 is 0 Å². The zero-order valence-corrected chi connectivity index (χ0v) is 20.7. The Labute approximate surface area is 212 Å². The summed E-state index contributed by atoms with van der Waals surface area (Å²) >= 11 is 0. The van der Waals surface area contributed by atoms with E-state index in [0.717, 1.165) is 18.0 Å². The summed E-state index contributed by atoms with van der Waals surface area (Å²) in [5.74, 6) is 2.10. The Kier molecular flexibility index (Phi) is 6.00. The summed E-state index contributed by atoms with van der Waals surface area (Å²) in [5.41, 5.74) is 5.44. The minimum Gasteiger partial charge on any atom is -0.378 e. The van der Waals surface area contributed by atoms with Gasteiger partial charge in [0.05, 0.1) is 17.3 Å². The van der Waals surface area contributed by atoms with Crippen LogP contribution in [0.3, 0.4) is 0 Å². The Bertz CT molecular complexity index is 1290. The highest BCUT2D eigenvalue weighted by atomic mass is 16.2. The minimum atomic E-state index is -0.182. The molecule has 0 spiro atoms. The van der Waals surface area contributed by atoms with E-state index in [4.69, 9.17) is 0 Å². The van der Waals surface area contributed by atoms with Crippen LogP contribution in [-0.2, 0) is 0 Å². The summed E-state index contributed by atoms with van der Waals surface area (Å²) < 4.78 is 0. The second-order valence-corrected chi connectivity index (χ2v) is 10.5. The molecule has 5 heteroatoms. The molecule has 3 N–H and O–H groups in total. The molecule has 1 aliphatic heterocycles. The molecule has 6 rings (SSSR count). The van der Waals surface area contributed by atoms with Crippen LogP contribution in [0.1, 0.15) is 76.4 Å². The summed E-state index contributed by atoms with van der Waals surface area (Å²) in [6, 6.07) is 24.4. The number of fused-ring (bicyclic) bond motifs is 7. The molecular weight excluding hydrogens is 446 g/mol. The van der Waals surface area contributed by atoms with Crippen molar-refractivity contribution in [3.8, 4) is 0 Å². The lowest BCUT2D eigenvalue weighted by molar-refractivity contribution is 0.0954. The summed E-state index contributed by atoms with van der Waals surface area (Å²) in [6.45, 7) is 2.62. The molecule has 2 fully saturated rings. The number of para-hydroxylation sites is 1. The molecule has 2 amide bonds. The second-order valence-electron chi connectivity index (χ2n) is 10.5. The fourth-order valence-electron chi connectivity index (χ4n) is 6.94. The molecule has 1 heterocycles. The number of rotatable bonds is 6. The van der Waals surface area contributed by atoms with E-state index in [1.165, 1.54) is 30.4 Å². The Morgan fingerprint density at radius 1 is 0.917 bits per heavy atom. The minimum absolute atomic E-state index is 0.167. The van der Waals surface area contributed by atoms with Crippen molar-refractivity contribution >= 4 is 23.2 Å². The van der Waals surface area contributed by atoms with Gasteiger partial charge in [-0.05, 0) is 90.8 Å². The van der Waals surface area contributed by atoms with Crippen LogP contribution in [0.25, 0.3) is 0 Å². The van der Waals surface area contributed by atoms with E-state index in [9.17, 15) is 9.59 Å². The van der Waals surface area contributed by atoms with Gasteiger partial charge in [-0.25, -0.2) is 0 Å². The van der Waals surface area contributed by atoms with Gasteiger partial charge in [0.15, 0.2) is 0 Å². The zero-order valence-electron chi connectivity index (χ0n) is 20.7. The third kappa shape index (κ3) is 3.97. The lowest BCUT2D eigenvalue weighted by atomic mass is 9.68. The first kappa shape index (κ1) is 22.8. The van der Waals surface area contributed by atoms with Gasteiger partial charge in [-0.3, -0.25) is 9.59 Å². The van der Waals surface area contributed by atoms with Crippen molar-refractivity contribution in [3.63, 3.8) is 0 Å². The van der Waals surface area contributed by atoms with Crippen LogP contribution in [0.2, 0.25) is 0 Å². The van der Waals surface area contributed by atoms with Crippen molar-refractivity contribution in [2.75, 3.05) is 17.2 Å². The third-order valence-electron chi connectivity index (χ3n) is 8.46. The van der Waals surface area contributed by atoms with Crippen LogP contribution in [0.4, 0.5) is 11.4 Å². The third-order valence-corrected chi connectivity index (χ3v) is 8.46. The number of carbonyl (C=O) groups excluding carboxylic acids is 2. The van der Waals surface area contributed by atoms with E-state index in [-0.39, 0.29) is 11.8 Å². The molecule has 0 radical (unpaired) electrons. The van der Waals surface area contributed by atoms with Crippen LogP contribution in [0.5, 0.6) is 0 Å². The predicted molar refractivity (Wildman–Crippen MR) is 143 cm³/mol. The molecule has 0 saturated heterocycles. The molecule has 2 bridgehead atoms. The highest BCUT2D eigenvalue weighted by Crippen LogP contribution is 2.63. The van der Waals surface area contributed by atoms with Gasteiger partial charge >= 0.3 is 0 Å². The van der Waals surface area contributed by atoms with Gasteiger partial charge in [0.1, 0.15) is 0 Å². The van der Waals surface area contributed by atoms with Crippen LogP contribution in [-0.4, -0.2) is 18.4 Å². The molecule has 0 aromatic heterocycles. The molecule has 0 unspecified atom stereocenters. The molecule has 5 nitrogen and oxygen atoms in total. The Balaban J connectivity index is 1.29. The maximum Gasteiger partial charge on any atom is 0.255 e. The van der Waals surface area contributed by atoms with E-state index in [0.29, 0.717) is 47.2 Å². The number of hydrogen-bond acceptors (Lipinski definition) is 3. The van der Waals surface area contributed by atoms with Gasteiger partial charge < -0.3 is 16.0 Å². The van der Waals surface area contributed by atoms with Crippen molar-refractivity contribution in [2.24, 2.45) is 17.8 Å². The van der Waals surface area contributed by atoms with E-state index in [1.54, 1.807) is 12.1 Å². The standard InChI is InChI=1S/C31H33N3O2/c1-2-16-32-31(36)23-10-6-7-11-25(23)34-30(35)22-14-15-26-24(18-22)27-20-12-13-21(17-20)28(27)29(33-26)19-8-4-3-5-9-19/h3-11,14-15,18,20-21,27-29,33H,2,12-13,16-17H2,1H3,(H,32,36)(H,34,35)/t20-,21-,27-,28-,29-/m0/s1. The Morgan fingerprint density at radius 3 is 2.53 bits per heavy atom. The zero-order chi connectivity index (χ0) is 24.6. The maximum absolute atomic E-state index is 13.4. The molecule has 3 aromatic rings. The predicted octanol–water partition coefficient (Wildman–Crippen LogP) is 6.38. The number of anilines is 2. The maximum atomic E-state index is 13.4. The highest BCUT2D eigenvalue weighted by Gasteiger charge is 2.53. The van der Waals surface area contributed by atoms with Gasteiger partial charge in [-0.1, -0.05) is 49.4 Å². The molecular formula is C31H33N3O2. The topological polar surface area (TPSA) is 70.2 Å². The van der Waals surface area contributed by atoms with Crippen molar-refractivity contribution in [1.82, 2.24) is 5.32 Å². The molecule has 3 aromatic carbocycles. The molecule has 184 valence electrons. The average Bonchev–Trinajstić information content (AvgIpc) is 3.55. The van der Waals surface area contributed by atoms with Crippen molar-refractivity contribution in [3.05, 3.63) is 95.1 Å². The Hall–Kier alpha value is -3.60. The number of hydrogen-bond donors (Lipinski definition) is 3. The lowest BCUT2D eigenvalue weighted by Crippen LogP contribution is -2.35.